The molecular formula is C18H31NO4. The minimum atomic E-state index is -0.468. The van der Waals surface area contributed by atoms with Gasteiger partial charge in [-0.05, 0) is 59.3 Å². The Morgan fingerprint density at radius 2 is 1.70 bits per heavy atom. The quantitative estimate of drug-likeness (QED) is 0.701. The number of carbonyl (C=O) groups excluding carboxylic acids is 2. The predicted molar refractivity (Wildman–Crippen MR) is 88.3 cm³/mol. The summed E-state index contributed by atoms with van der Waals surface area (Å²) in [5.74, 6) is 0.482. The molecule has 2 atom stereocenters. The van der Waals surface area contributed by atoms with Crippen LogP contribution in [0.25, 0.3) is 0 Å². The number of nitrogens with zero attached hydrogens (tertiary/aromatic N) is 1. The van der Waals surface area contributed by atoms with Crippen molar-refractivity contribution in [1.82, 2.24) is 4.90 Å². The lowest BCUT2D eigenvalue weighted by atomic mass is 9.86. The number of piperidine rings is 1. The minimum absolute atomic E-state index is 0.119. The number of methoxy groups -OCH3 is 1. The highest BCUT2D eigenvalue weighted by Gasteiger charge is 2.46. The third-order valence-electron chi connectivity index (χ3n) is 4.81. The number of hydrogen-bond donors (Lipinski definition) is 0. The number of rotatable bonds is 6. The number of amides is 1. The van der Waals surface area contributed by atoms with E-state index in [0.29, 0.717) is 12.2 Å². The van der Waals surface area contributed by atoms with Crippen molar-refractivity contribution in [1.29, 1.82) is 0 Å². The maximum absolute atomic E-state index is 12.4. The molecule has 2 fully saturated rings. The van der Waals surface area contributed by atoms with Crippen molar-refractivity contribution in [3.05, 3.63) is 0 Å². The molecular weight excluding hydrogens is 294 g/mol. The first-order valence-corrected chi connectivity index (χ1v) is 8.85. The Bertz CT molecular complexity index is 415. The van der Waals surface area contributed by atoms with E-state index < -0.39 is 5.60 Å². The highest BCUT2D eigenvalue weighted by Crippen LogP contribution is 2.40. The van der Waals surface area contributed by atoms with Gasteiger partial charge in [-0.3, -0.25) is 4.79 Å². The van der Waals surface area contributed by atoms with E-state index in [2.05, 4.69) is 0 Å². The van der Waals surface area contributed by atoms with E-state index in [9.17, 15) is 9.59 Å². The zero-order chi connectivity index (χ0) is 17.0. The molecule has 0 aliphatic carbocycles. The number of unbranched alkanes of at least 4 members (excludes halogenated alkanes) is 1. The van der Waals surface area contributed by atoms with E-state index in [0.717, 1.165) is 45.1 Å². The molecule has 0 saturated carbocycles. The highest BCUT2D eigenvalue weighted by molar-refractivity contribution is 5.81. The lowest BCUT2D eigenvalue weighted by Gasteiger charge is -2.39. The predicted octanol–water partition coefficient (Wildman–Crippen LogP) is 3.55. The fourth-order valence-electron chi connectivity index (χ4n) is 3.80. The van der Waals surface area contributed by atoms with Gasteiger partial charge in [0.25, 0.3) is 0 Å². The smallest absolute Gasteiger partial charge is 0.410 e. The third-order valence-corrected chi connectivity index (χ3v) is 4.81. The fraction of sp³-hybridized carbons (Fsp3) is 0.889. The summed E-state index contributed by atoms with van der Waals surface area (Å²) < 4.78 is 10.6. The summed E-state index contributed by atoms with van der Waals surface area (Å²) >= 11 is 0. The van der Waals surface area contributed by atoms with Crippen LogP contribution in [0.5, 0.6) is 0 Å². The van der Waals surface area contributed by atoms with Crippen LogP contribution >= 0.6 is 0 Å². The van der Waals surface area contributed by atoms with Gasteiger partial charge in [0.1, 0.15) is 11.4 Å². The Labute approximate surface area is 139 Å². The first-order chi connectivity index (χ1) is 10.8. The average molecular weight is 325 g/mol. The van der Waals surface area contributed by atoms with Gasteiger partial charge < -0.3 is 14.4 Å². The van der Waals surface area contributed by atoms with Gasteiger partial charge >= 0.3 is 6.09 Å². The zero-order valence-corrected chi connectivity index (χ0v) is 15.0. The molecule has 0 N–H and O–H groups in total. The molecule has 0 aromatic heterocycles. The van der Waals surface area contributed by atoms with Crippen LogP contribution < -0.4 is 0 Å². The Balaban J connectivity index is 1.86. The molecule has 0 radical (unpaired) electrons. The summed E-state index contributed by atoms with van der Waals surface area (Å²) in [6.45, 7) is 6.39. The average Bonchev–Trinajstić information content (AvgIpc) is 2.72. The number of hydrogen-bond acceptors (Lipinski definition) is 4. The van der Waals surface area contributed by atoms with Crippen molar-refractivity contribution in [2.75, 3.05) is 13.7 Å². The van der Waals surface area contributed by atoms with Crippen LogP contribution in [-0.2, 0) is 14.3 Å². The van der Waals surface area contributed by atoms with Gasteiger partial charge in [0.15, 0.2) is 0 Å². The first-order valence-electron chi connectivity index (χ1n) is 8.85. The van der Waals surface area contributed by atoms with Crippen LogP contribution in [0.3, 0.4) is 0 Å². The number of ketones is 1. The van der Waals surface area contributed by atoms with E-state index in [1.54, 1.807) is 7.11 Å². The molecule has 2 aliphatic heterocycles. The minimum Gasteiger partial charge on any atom is -0.444 e. The molecule has 2 saturated heterocycles. The molecule has 23 heavy (non-hydrogen) atoms. The SMILES string of the molecule is COCCCCC(=O)C1CC2CCC(C1)N2C(=O)OC(C)(C)C. The first kappa shape index (κ1) is 18.2. The Morgan fingerprint density at radius 1 is 1.09 bits per heavy atom. The van der Waals surface area contributed by atoms with E-state index in [-0.39, 0.29) is 24.1 Å². The van der Waals surface area contributed by atoms with Crippen molar-refractivity contribution in [2.45, 2.75) is 83.4 Å². The van der Waals surface area contributed by atoms with Crippen molar-refractivity contribution < 1.29 is 19.1 Å². The summed E-state index contributed by atoms with van der Waals surface area (Å²) in [4.78, 5) is 26.7. The zero-order valence-electron chi connectivity index (χ0n) is 15.0. The molecule has 0 spiro atoms. The van der Waals surface area contributed by atoms with Crippen LogP contribution in [0.2, 0.25) is 0 Å². The van der Waals surface area contributed by atoms with E-state index in [1.807, 2.05) is 25.7 Å². The maximum atomic E-state index is 12.4. The summed E-state index contributed by atoms with van der Waals surface area (Å²) in [5, 5.41) is 0. The van der Waals surface area contributed by atoms with Gasteiger partial charge in [-0.1, -0.05) is 0 Å². The molecule has 2 rings (SSSR count). The summed E-state index contributed by atoms with van der Waals surface area (Å²) in [7, 11) is 1.69. The molecule has 0 aromatic rings. The van der Waals surface area contributed by atoms with Gasteiger partial charge in [-0.15, -0.1) is 0 Å². The summed E-state index contributed by atoms with van der Waals surface area (Å²) in [6.07, 6.45) is 5.86. The standard InChI is InChI=1S/C18H31NO4/c1-18(2,3)23-17(21)19-14-8-9-15(19)12-13(11-14)16(20)7-5-6-10-22-4/h13-15H,5-12H2,1-4H3. The molecule has 1 amide bonds. The van der Waals surface area contributed by atoms with Crippen molar-refractivity contribution in [3.8, 4) is 0 Å². The Kier molecular flexibility index (Phi) is 6.06. The maximum Gasteiger partial charge on any atom is 0.410 e. The monoisotopic (exact) mass is 325 g/mol. The molecule has 2 aliphatic rings. The molecule has 2 unspecified atom stereocenters. The molecule has 5 nitrogen and oxygen atoms in total. The van der Waals surface area contributed by atoms with E-state index in [4.69, 9.17) is 9.47 Å². The molecule has 132 valence electrons. The topological polar surface area (TPSA) is 55.8 Å². The van der Waals surface area contributed by atoms with Crippen LogP contribution in [-0.4, -0.2) is 48.2 Å². The van der Waals surface area contributed by atoms with Gasteiger partial charge in [-0.25, -0.2) is 4.79 Å². The number of ether oxygens (including phenoxy) is 2. The fourth-order valence-corrected chi connectivity index (χ4v) is 3.80. The molecule has 2 bridgehead atoms. The van der Waals surface area contributed by atoms with Crippen LogP contribution in [0.15, 0.2) is 0 Å². The second-order valence-electron chi connectivity index (χ2n) is 7.86. The normalized spacial score (nSPS) is 27.1. The number of Topliss-reactive ketones (excluding diaryl/α,β-unsaturated/α-hetero) is 1. The molecule has 2 heterocycles. The largest absolute Gasteiger partial charge is 0.444 e. The van der Waals surface area contributed by atoms with Crippen molar-refractivity contribution in [2.24, 2.45) is 5.92 Å². The van der Waals surface area contributed by atoms with E-state index in [1.165, 1.54) is 0 Å². The number of fused-ring (bicyclic) bond motifs is 2. The van der Waals surface area contributed by atoms with Gasteiger partial charge in [0.2, 0.25) is 0 Å². The van der Waals surface area contributed by atoms with Gasteiger partial charge in [-0.2, -0.15) is 0 Å². The molecule has 5 heteroatoms. The van der Waals surface area contributed by atoms with Gasteiger partial charge in [0.05, 0.1) is 0 Å². The summed E-state index contributed by atoms with van der Waals surface area (Å²) in [6, 6.07) is 0.355. The Hall–Kier alpha value is -1.10. The van der Waals surface area contributed by atoms with Crippen LogP contribution in [0, 0.1) is 5.92 Å². The third kappa shape index (κ3) is 4.93. The van der Waals surface area contributed by atoms with Crippen LogP contribution in [0.1, 0.15) is 65.7 Å². The highest BCUT2D eigenvalue weighted by atomic mass is 16.6. The second-order valence-corrected chi connectivity index (χ2v) is 7.86. The van der Waals surface area contributed by atoms with Crippen molar-refractivity contribution >= 4 is 11.9 Å². The van der Waals surface area contributed by atoms with Crippen LogP contribution in [0.4, 0.5) is 4.79 Å². The lowest BCUT2D eigenvalue weighted by Crippen LogP contribution is -2.49. The molecule has 0 aromatic carbocycles. The van der Waals surface area contributed by atoms with Gasteiger partial charge in [0, 0.05) is 38.1 Å². The van der Waals surface area contributed by atoms with Crippen molar-refractivity contribution in [3.63, 3.8) is 0 Å². The second kappa shape index (κ2) is 7.65. The Morgan fingerprint density at radius 3 is 2.22 bits per heavy atom. The number of carbonyl (C=O) groups is 2. The lowest BCUT2D eigenvalue weighted by molar-refractivity contribution is -0.125. The summed E-state index contributed by atoms with van der Waals surface area (Å²) in [5.41, 5.74) is -0.468. The van der Waals surface area contributed by atoms with E-state index >= 15 is 0 Å².